The standard InChI is InChI=1S/C11H12FN3O6/c1-5(16)9(10(17)18)14-11(19)13-8-3-2-6(15(20)21)4-7(8)12/h2-5,9,16H,1H3,(H,17,18)(H2,13,14,19)/t5-,9+/m1/s1. The summed E-state index contributed by atoms with van der Waals surface area (Å²) >= 11 is 0. The average molecular weight is 301 g/mol. The fraction of sp³-hybridized carbons (Fsp3) is 0.273. The first-order valence-electron chi connectivity index (χ1n) is 5.64. The first-order chi connectivity index (χ1) is 9.72. The SMILES string of the molecule is C[C@@H](O)[C@H](NC(=O)Nc1ccc([N+](=O)[O-])cc1F)C(=O)O. The van der Waals surface area contributed by atoms with E-state index in [9.17, 15) is 29.2 Å². The number of carboxylic acid groups (broad SMARTS) is 1. The van der Waals surface area contributed by atoms with Gasteiger partial charge in [-0.25, -0.2) is 14.0 Å². The number of urea groups is 1. The number of hydrogen-bond donors (Lipinski definition) is 4. The third kappa shape index (κ3) is 4.38. The summed E-state index contributed by atoms with van der Waals surface area (Å²) < 4.78 is 13.5. The third-order valence-corrected chi connectivity index (χ3v) is 2.45. The Morgan fingerprint density at radius 1 is 1.43 bits per heavy atom. The number of hydrogen-bond acceptors (Lipinski definition) is 5. The summed E-state index contributed by atoms with van der Waals surface area (Å²) in [5, 5.41) is 32.3. The fourth-order valence-corrected chi connectivity index (χ4v) is 1.41. The summed E-state index contributed by atoms with van der Waals surface area (Å²) in [6.07, 6.45) is -1.37. The molecular weight excluding hydrogens is 289 g/mol. The Morgan fingerprint density at radius 2 is 2.05 bits per heavy atom. The maximum atomic E-state index is 13.5. The smallest absolute Gasteiger partial charge is 0.328 e. The predicted molar refractivity (Wildman–Crippen MR) is 68.3 cm³/mol. The number of amides is 2. The van der Waals surface area contributed by atoms with Crippen molar-refractivity contribution >= 4 is 23.4 Å². The monoisotopic (exact) mass is 301 g/mol. The molecule has 0 aliphatic heterocycles. The number of benzene rings is 1. The minimum atomic E-state index is -1.58. The van der Waals surface area contributed by atoms with Crippen LogP contribution in [0, 0.1) is 15.9 Å². The van der Waals surface area contributed by atoms with Gasteiger partial charge >= 0.3 is 12.0 Å². The second-order valence-electron chi connectivity index (χ2n) is 4.08. The van der Waals surface area contributed by atoms with Crippen molar-refractivity contribution in [2.75, 3.05) is 5.32 Å². The van der Waals surface area contributed by atoms with Crippen LogP contribution in [-0.4, -0.2) is 39.3 Å². The largest absolute Gasteiger partial charge is 0.480 e. The van der Waals surface area contributed by atoms with Gasteiger partial charge in [0.05, 0.1) is 22.8 Å². The van der Waals surface area contributed by atoms with E-state index >= 15 is 0 Å². The highest BCUT2D eigenvalue weighted by Crippen LogP contribution is 2.20. The lowest BCUT2D eigenvalue weighted by Gasteiger charge is -2.17. The molecule has 114 valence electrons. The van der Waals surface area contributed by atoms with Crippen molar-refractivity contribution in [3.63, 3.8) is 0 Å². The molecule has 1 aromatic rings. The molecular formula is C11H12FN3O6. The summed E-state index contributed by atoms with van der Waals surface area (Å²) in [6.45, 7) is 1.16. The molecule has 0 spiro atoms. The molecule has 9 nitrogen and oxygen atoms in total. The number of nitrogens with one attached hydrogen (secondary N) is 2. The molecule has 4 N–H and O–H groups in total. The molecule has 0 aliphatic rings. The quantitative estimate of drug-likeness (QED) is 0.465. The summed E-state index contributed by atoms with van der Waals surface area (Å²) in [4.78, 5) is 31.9. The summed E-state index contributed by atoms with van der Waals surface area (Å²) in [7, 11) is 0. The van der Waals surface area contributed by atoms with E-state index in [-0.39, 0.29) is 5.69 Å². The minimum absolute atomic E-state index is 0.368. The summed E-state index contributed by atoms with van der Waals surface area (Å²) in [6, 6.07) is -0.103. The molecule has 0 saturated carbocycles. The van der Waals surface area contributed by atoms with Crippen molar-refractivity contribution in [3.05, 3.63) is 34.1 Å². The Hall–Kier alpha value is -2.75. The lowest BCUT2D eigenvalue weighted by atomic mass is 10.2. The first kappa shape index (κ1) is 16.3. The molecule has 0 bridgehead atoms. The van der Waals surface area contributed by atoms with E-state index in [1.807, 2.05) is 10.6 Å². The van der Waals surface area contributed by atoms with Gasteiger partial charge in [-0.15, -0.1) is 0 Å². The number of carbonyl (C=O) groups is 2. The highest BCUT2D eigenvalue weighted by Gasteiger charge is 2.25. The van der Waals surface area contributed by atoms with Gasteiger partial charge in [-0.3, -0.25) is 10.1 Å². The molecule has 10 heteroatoms. The molecule has 2 amide bonds. The molecule has 1 rings (SSSR count). The van der Waals surface area contributed by atoms with Crippen LogP contribution in [0.3, 0.4) is 0 Å². The molecule has 0 aromatic heterocycles. The van der Waals surface area contributed by atoms with Gasteiger partial charge in [-0.1, -0.05) is 0 Å². The Bertz CT molecular complexity index is 577. The second kappa shape index (κ2) is 6.61. The summed E-state index contributed by atoms with van der Waals surface area (Å²) in [5.41, 5.74) is -0.862. The summed E-state index contributed by atoms with van der Waals surface area (Å²) in [5.74, 6) is -2.52. The number of nitrogens with zero attached hydrogens (tertiary/aromatic N) is 1. The number of carboxylic acids is 1. The van der Waals surface area contributed by atoms with Crippen LogP contribution < -0.4 is 10.6 Å². The molecule has 0 unspecified atom stereocenters. The van der Waals surface area contributed by atoms with Crippen LogP contribution in [0.5, 0.6) is 0 Å². The Kier molecular flexibility index (Phi) is 5.13. The first-order valence-corrected chi connectivity index (χ1v) is 5.64. The van der Waals surface area contributed by atoms with Crippen LogP contribution in [0.25, 0.3) is 0 Å². The molecule has 2 atom stereocenters. The lowest BCUT2D eigenvalue weighted by Crippen LogP contribution is -2.49. The van der Waals surface area contributed by atoms with E-state index < -0.39 is 40.6 Å². The van der Waals surface area contributed by atoms with Crippen LogP contribution in [0.4, 0.5) is 20.6 Å². The topological polar surface area (TPSA) is 142 Å². The van der Waals surface area contributed by atoms with E-state index in [1.54, 1.807) is 0 Å². The lowest BCUT2D eigenvalue weighted by molar-refractivity contribution is -0.385. The Morgan fingerprint density at radius 3 is 2.48 bits per heavy atom. The highest BCUT2D eigenvalue weighted by atomic mass is 19.1. The maximum absolute atomic E-state index is 13.5. The predicted octanol–water partition coefficient (Wildman–Crippen LogP) is 0.689. The molecule has 0 heterocycles. The molecule has 1 aromatic carbocycles. The average Bonchev–Trinajstić information content (AvgIpc) is 2.37. The van der Waals surface area contributed by atoms with E-state index in [0.29, 0.717) is 6.07 Å². The third-order valence-electron chi connectivity index (χ3n) is 2.45. The zero-order chi connectivity index (χ0) is 16.2. The molecule has 0 radical (unpaired) electrons. The molecule has 0 aliphatic carbocycles. The van der Waals surface area contributed by atoms with E-state index in [1.165, 1.54) is 0 Å². The Balaban J connectivity index is 2.79. The van der Waals surface area contributed by atoms with E-state index in [4.69, 9.17) is 5.11 Å². The van der Waals surface area contributed by atoms with Crippen molar-refractivity contribution in [1.29, 1.82) is 0 Å². The van der Waals surface area contributed by atoms with Crippen LogP contribution in [0.2, 0.25) is 0 Å². The van der Waals surface area contributed by atoms with Gasteiger partial charge < -0.3 is 20.8 Å². The molecule has 0 saturated heterocycles. The van der Waals surface area contributed by atoms with Crippen LogP contribution in [-0.2, 0) is 4.79 Å². The number of aliphatic hydroxyl groups excluding tert-OH is 1. The van der Waals surface area contributed by atoms with Crippen LogP contribution in [0.15, 0.2) is 18.2 Å². The number of carbonyl (C=O) groups excluding carboxylic acids is 1. The number of nitro groups is 1. The van der Waals surface area contributed by atoms with Crippen molar-refractivity contribution in [3.8, 4) is 0 Å². The fourth-order valence-electron chi connectivity index (χ4n) is 1.41. The van der Waals surface area contributed by atoms with Gasteiger partial charge in [-0.05, 0) is 13.0 Å². The van der Waals surface area contributed by atoms with Gasteiger partial charge in [-0.2, -0.15) is 0 Å². The molecule has 21 heavy (non-hydrogen) atoms. The van der Waals surface area contributed by atoms with E-state index in [2.05, 4.69) is 0 Å². The zero-order valence-electron chi connectivity index (χ0n) is 10.7. The van der Waals surface area contributed by atoms with Gasteiger partial charge in [0.15, 0.2) is 11.9 Å². The van der Waals surface area contributed by atoms with Crippen molar-refractivity contribution < 1.29 is 29.1 Å². The Labute approximate surface area is 117 Å². The normalized spacial score (nSPS) is 13.1. The van der Waals surface area contributed by atoms with Crippen molar-refractivity contribution in [1.82, 2.24) is 5.32 Å². The van der Waals surface area contributed by atoms with Gasteiger partial charge in [0.2, 0.25) is 0 Å². The molecule has 0 fully saturated rings. The van der Waals surface area contributed by atoms with Gasteiger partial charge in [0.1, 0.15) is 0 Å². The van der Waals surface area contributed by atoms with E-state index in [0.717, 1.165) is 19.1 Å². The van der Waals surface area contributed by atoms with Crippen molar-refractivity contribution in [2.45, 2.75) is 19.1 Å². The number of aliphatic carboxylic acids is 1. The number of halogens is 1. The van der Waals surface area contributed by atoms with Crippen LogP contribution >= 0.6 is 0 Å². The number of nitro benzene ring substituents is 1. The zero-order valence-corrected chi connectivity index (χ0v) is 10.7. The minimum Gasteiger partial charge on any atom is -0.480 e. The van der Waals surface area contributed by atoms with Crippen LogP contribution in [0.1, 0.15) is 6.92 Å². The maximum Gasteiger partial charge on any atom is 0.328 e. The van der Waals surface area contributed by atoms with Crippen molar-refractivity contribution in [2.24, 2.45) is 0 Å². The second-order valence-corrected chi connectivity index (χ2v) is 4.08. The number of anilines is 1. The van der Waals surface area contributed by atoms with Gasteiger partial charge in [0, 0.05) is 6.07 Å². The number of non-ortho nitro benzene ring substituents is 1. The highest BCUT2D eigenvalue weighted by molar-refractivity contribution is 5.92. The number of aliphatic hydroxyl groups is 1. The number of rotatable bonds is 5. The van der Waals surface area contributed by atoms with Gasteiger partial charge in [0.25, 0.3) is 5.69 Å².